The minimum absolute atomic E-state index is 0.359. The minimum atomic E-state index is 0.359. The van der Waals surface area contributed by atoms with E-state index < -0.39 is 0 Å². The van der Waals surface area contributed by atoms with Gasteiger partial charge in [-0.15, -0.1) is 0 Å². The van der Waals surface area contributed by atoms with Crippen molar-refractivity contribution < 1.29 is 0 Å². The summed E-state index contributed by atoms with van der Waals surface area (Å²) in [4.78, 5) is 2.83. The first-order valence-electron chi connectivity index (χ1n) is 8.60. The molecule has 2 heteroatoms. The highest BCUT2D eigenvalue weighted by Gasteiger charge is 2.47. The Labute approximate surface area is 119 Å². The predicted molar refractivity (Wildman–Crippen MR) is 81.0 cm³/mol. The molecule has 3 aliphatic rings. The van der Waals surface area contributed by atoms with Crippen LogP contribution in [0.25, 0.3) is 0 Å². The molecule has 0 spiro atoms. The number of rotatable bonds is 3. The van der Waals surface area contributed by atoms with Crippen molar-refractivity contribution in [2.75, 3.05) is 19.6 Å². The van der Waals surface area contributed by atoms with Gasteiger partial charge in [-0.25, -0.2) is 0 Å². The molecule has 3 rings (SSSR count). The summed E-state index contributed by atoms with van der Waals surface area (Å²) in [6, 6.07) is 0. The fraction of sp³-hybridized carbons (Fsp3) is 1.00. The maximum Gasteiger partial charge on any atom is 0.0334 e. The van der Waals surface area contributed by atoms with Crippen LogP contribution in [0.5, 0.6) is 0 Å². The monoisotopic (exact) mass is 264 g/mol. The summed E-state index contributed by atoms with van der Waals surface area (Å²) in [6.07, 6.45) is 9.98. The first-order valence-corrected chi connectivity index (χ1v) is 8.60. The van der Waals surface area contributed by atoms with E-state index in [0.717, 1.165) is 30.2 Å². The van der Waals surface area contributed by atoms with E-state index in [1.54, 1.807) is 0 Å². The molecule has 2 nitrogen and oxygen atoms in total. The van der Waals surface area contributed by atoms with Crippen LogP contribution in [-0.4, -0.2) is 30.1 Å². The summed E-state index contributed by atoms with van der Waals surface area (Å²) >= 11 is 0. The summed E-state index contributed by atoms with van der Waals surface area (Å²) in [5.74, 6) is 3.73. The Morgan fingerprint density at radius 3 is 2.37 bits per heavy atom. The van der Waals surface area contributed by atoms with Gasteiger partial charge in [-0.3, -0.25) is 4.90 Å². The van der Waals surface area contributed by atoms with Crippen molar-refractivity contribution in [1.82, 2.24) is 4.90 Å². The van der Waals surface area contributed by atoms with Gasteiger partial charge in [0, 0.05) is 25.2 Å². The van der Waals surface area contributed by atoms with Gasteiger partial charge in [-0.2, -0.15) is 0 Å². The van der Waals surface area contributed by atoms with Crippen molar-refractivity contribution in [3.8, 4) is 0 Å². The first kappa shape index (κ1) is 13.9. The summed E-state index contributed by atoms with van der Waals surface area (Å²) in [5.41, 5.74) is 6.65. The molecule has 1 saturated heterocycles. The van der Waals surface area contributed by atoms with Crippen LogP contribution in [0, 0.1) is 23.7 Å². The number of fused-ring (bicyclic) bond motifs is 1. The van der Waals surface area contributed by atoms with Crippen molar-refractivity contribution in [2.24, 2.45) is 29.4 Å². The molecule has 2 N–H and O–H groups in total. The highest BCUT2D eigenvalue weighted by Crippen LogP contribution is 2.46. The summed E-state index contributed by atoms with van der Waals surface area (Å²) in [7, 11) is 0. The van der Waals surface area contributed by atoms with Crippen molar-refractivity contribution in [3.63, 3.8) is 0 Å². The maximum absolute atomic E-state index is 6.29. The molecule has 0 bridgehead atoms. The highest BCUT2D eigenvalue weighted by molar-refractivity contribution is 5.02. The first-order chi connectivity index (χ1) is 9.14. The van der Waals surface area contributed by atoms with Crippen LogP contribution in [0.3, 0.4) is 0 Å². The Morgan fingerprint density at radius 2 is 1.79 bits per heavy atom. The Bertz CT molecular complexity index is 302. The molecule has 1 aliphatic heterocycles. The van der Waals surface area contributed by atoms with Gasteiger partial charge in [0.05, 0.1) is 0 Å². The third kappa shape index (κ3) is 2.47. The molecule has 3 fully saturated rings. The van der Waals surface area contributed by atoms with Gasteiger partial charge in [0.2, 0.25) is 0 Å². The lowest BCUT2D eigenvalue weighted by atomic mass is 9.71. The zero-order chi connectivity index (χ0) is 13.5. The molecule has 2 saturated carbocycles. The van der Waals surface area contributed by atoms with Crippen LogP contribution < -0.4 is 5.73 Å². The van der Waals surface area contributed by atoms with Gasteiger partial charge in [0.1, 0.15) is 0 Å². The third-order valence-electron chi connectivity index (χ3n) is 6.58. The molecule has 2 aliphatic carbocycles. The number of likely N-dealkylation sites (tertiary alicyclic amines) is 1. The van der Waals surface area contributed by atoms with Gasteiger partial charge in [0.15, 0.2) is 0 Å². The van der Waals surface area contributed by atoms with Gasteiger partial charge >= 0.3 is 0 Å². The second kappa shape index (κ2) is 5.37. The van der Waals surface area contributed by atoms with Crippen molar-refractivity contribution in [2.45, 2.75) is 64.3 Å². The third-order valence-corrected chi connectivity index (χ3v) is 6.58. The number of nitrogens with two attached hydrogens (primary N) is 1. The number of nitrogens with zero attached hydrogens (tertiary/aromatic N) is 1. The zero-order valence-corrected chi connectivity index (χ0v) is 12.9. The Kier molecular flexibility index (Phi) is 3.92. The van der Waals surface area contributed by atoms with E-state index >= 15 is 0 Å². The molecule has 4 unspecified atom stereocenters. The SMILES string of the molecule is CC(C)C1CCCC(CN)(N2CC3CCCC3C2)C1. The summed E-state index contributed by atoms with van der Waals surface area (Å²) in [5, 5.41) is 0. The van der Waals surface area contributed by atoms with Crippen LogP contribution in [0.15, 0.2) is 0 Å². The smallest absolute Gasteiger partial charge is 0.0334 e. The second-order valence-electron chi connectivity index (χ2n) is 7.88. The average Bonchev–Trinajstić information content (AvgIpc) is 2.99. The van der Waals surface area contributed by atoms with Crippen LogP contribution in [0.2, 0.25) is 0 Å². The van der Waals surface area contributed by atoms with E-state index in [2.05, 4.69) is 18.7 Å². The lowest BCUT2D eigenvalue weighted by Gasteiger charge is -2.48. The zero-order valence-electron chi connectivity index (χ0n) is 12.9. The van der Waals surface area contributed by atoms with Crippen LogP contribution in [-0.2, 0) is 0 Å². The predicted octanol–water partition coefficient (Wildman–Crippen LogP) is 3.26. The van der Waals surface area contributed by atoms with Crippen molar-refractivity contribution in [3.05, 3.63) is 0 Å². The van der Waals surface area contributed by atoms with Crippen molar-refractivity contribution >= 4 is 0 Å². The lowest BCUT2D eigenvalue weighted by molar-refractivity contribution is 0.0374. The van der Waals surface area contributed by atoms with E-state index in [9.17, 15) is 0 Å². The van der Waals surface area contributed by atoms with E-state index in [4.69, 9.17) is 5.73 Å². The Morgan fingerprint density at radius 1 is 1.11 bits per heavy atom. The molecule has 4 atom stereocenters. The van der Waals surface area contributed by atoms with Crippen LogP contribution in [0.1, 0.15) is 58.8 Å². The van der Waals surface area contributed by atoms with E-state index in [1.807, 2.05) is 0 Å². The molecule has 110 valence electrons. The summed E-state index contributed by atoms with van der Waals surface area (Å²) in [6.45, 7) is 8.39. The molecular formula is C17H32N2. The van der Waals surface area contributed by atoms with Gasteiger partial charge < -0.3 is 5.73 Å². The Balaban J connectivity index is 1.72. The quantitative estimate of drug-likeness (QED) is 0.848. The second-order valence-corrected chi connectivity index (χ2v) is 7.88. The molecule has 0 aromatic rings. The van der Waals surface area contributed by atoms with Gasteiger partial charge in [-0.1, -0.05) is 33.1 Å². The fourth-order valence-electron chi connectivity index (χ4n) is 5.18. The largest absolute Gasteiger partial charge is 0.329 e. The number of hydrogen-bond acceptors (Lipinski definition) is 2. The molecule has 0 aromatic heterocycles. The lowest BCUT2D eigenvalue weighted by Crippen LogP contribution is -2.56. The molecule has 1 heterocycles. The topological polar surface area (TPSA) is 29.3 Å². The van der Waals surface area contributed by atoms with Crippen LogP contribution >= 0.6 is 0 Å². The minimum Gasteiger partial charge on any atom is -0.329 e. The molecule has 0 amide bonds. The average molecular weight is 264 g/mol. The maximum atomic E-state index is 6.29. The molecular weight excluding hydrogens is 232 g/mol. The van der Waals surface area contributed by atoms with Crippen LogP contribution in [0.4, 0.5) is 0 Å². The summed E-state index contributed by atoms with van der Waals surface area (Å²) < 4.78 is 0. The molecule has 19 heavy (non-hydrogen) atoms. The fourth-order valence-corrected chi connectivity index (χ4v) is 5.18. The normalized spacial score (nSPS) is 43.9. The van der Waals surface area contributed by atoms with Crippen molar-refractivity contribution in [1.29, 1.82) is 0 Å². The molecule has 0 radical (unpaired) electrons. The van der Waals surface area contributed by atoms with E-state index in [1.165, 1.54) is 58.0 Å². The van der Waals surface area contributed by atoms with E-state index in [-0.39, 0.29) is 0 Å². The van der Waals surface area contributed by atoms with E-state index in [0.29, 0.717) is 5.54 Å². The van der Waals surface area contributed by atoms with Gasteiger partial charge in [-0.05, 0) is 49.4 Å². The number of hydrogen-bond donors (Lipinski definition) is 1. The Hall–Kier alpha value is -0.0800. The van der Waals surface area contributed by atoms with Gasteiger partial charge in [0.25, 0.3) is 0 Å². The standard InChI is InChI=1S/C17H32N2/c1-13(2)14-7-4-8-17(9-14,12-18)19-10-15-5-3-6-16(15)11-19/h13-16H,3-12,18H2,1-2H3. The highest BCUT2D eigenvalue weighted by atomic mass is 15.2. The molecule has 0 aromatic carbocycles.